The van der Waals surface area contributed by atoms with Crippen LogP contribution in [0.25, 0.3) is 0 Å². The van der Waals surface area contributed by atoms with Crippen LogP contribution in [0.1, 0.15) is 25.7 Å². The van der Waals surface area contributed by atoms with Gasteiger partial charge in [0.05, 0.1) is 11.5 Å². The number of rotatable bonds is 10. The zero-order valence-electron chi connectivity index (χ0n) is 17.7. The molecule has 0 aromatic heterocycles. The quantitative estimate of drug-likeness (QED) is 0.424. The van der Waals surface area contributed by atoms with Gasteiger partial charge in [-0.25, -0.2) is 13.2 Å². The van der Waals surface area contributed by atoms with Crippen molar-refractivity contribution in [1.29, 1.82) is 0 Å². The monoisotopic (exact) mass is 450 g/mol. The zero-order valence-corrected chi connectivity index (χ0v) is 18.5. The number of urea groups is 1. The standard InChI is InChI=1S/C21H30N4O5S/c26-20-15-24(21(27)22-20)9-2-1-8-23-10-12-25(13-11-23)31(28,29)19-5-3-4-18(14-19)30-16-17-6-7-17/h3-5,14,17H,1-2,6-13,15-16H2,(H,22,26,27). The first-order chi connectivity index (χ1) is 14.9. The molecule has 3 aliphatic rings. The van der Waals surface area contributed by atoms with Gasteiger partial charge in [-0.15, -0.1) is 0 Å². The van der Waals surface area contributed by atoms with E-state index in [1.807, 2.05) is 0 Å². The Labute approximate surface area is 183 Å². The molecule has 0 radical (unpaired) electrons. The molecule has 1 aliphatic carbocycles. The lowest BCUT2D eigenvalue weighted by Gasteiger charge is -2.34. The summed E-state index contributed by atoms with van der Waals surface area (Å²) in [5, 5.41) is 2.28. The molecule has 1 aromatic rings. The summed E-state index contributed by atoms with van der Waals surface area (Å²) >= 11 is 0. The molecular formula is C21H30N4O5S. The Bertz CT molecular complexity index is 910. The van der Waals surface area contributed by atoms with E-state index in [4.69, 9.17) is 4.74 Å². The van der Waals surface area contributed by atoms with Gasteiger partial charge in [0.2, 0.25) is 15.9 Å². The Kier molecular flexibility index (Phi) is 6.78. The lowest BCUT2D eigenvalue weighted by Crippen LogP contribution is -2.48. The van der Waals surface area contributed by atoms with E-state index in [0.29, 0.717) is 51.0 Å². The van der Waals surface area contributed by atoms with Gasteiger partial charge in [0.1, 0.15) is 12.3 Å². The minimum absolute atomic E-state index is 0.141. The van der Waals surface area contributed by atoms with Crippen molar-refractivity contribution in [3.05, 3.63) is 24.3 Å². The zero-order chi connectivity index (χ0) is 21.8. The van der Waals surface area contributed by atoms with Crippen molar-refractivity contribution in [2.45, 2.75) is 30.6 Å². The average molecular weight is 451 g/mol. The summed E-state index contributed by atoms with van der Waals surface area (Å²) in [4.78, 5) is 26.8. The number of imide groups is 1. The van der Waals surface area contributed by atoms with Crippen LogP contribution in [-0.4, -0.2) is 86.9 Å². The molecule has 0 spiro atoms. The topological polar surface area (TPSA) is 99.3 Å². The van der Waals surface area contributed by atoms with E-state index in [2.05, 4.69) is 10.2 Å². The number of amides is 3. The second kappa shape index (κ2) is 9.54. The van der Waals surface area contributed by atoms with Crippen LogP contribution in [0, 0.1) is 5.92 Å². The Hall–Kier alpha value is -2.17. The first-order valence-corrected chi connectivity index (χ1v) is 12.4. The highest BCUT2D eigenvalue weighted by atomic mass is 32.2. The number of carbonyl (C=O) groups excluding carboxylic acids is 2. The number of hydrogen-bond donors (Lipinski definition) is 1. The summed E-state index contributed by atoms with van der Waals surface area (Å²) in [7, 11) is -3.53. The summed E-state index contributed by atoms with van der Waals surface area (Å²) in [6.07, 6.45) is 4.09. The van der Waals surface area contributed by atoms with Gasteiger partial charge in [-0.3, -0.25) is 10.1 Å². The van der Waals surface area contributed by atoms with Crippen LogP contribution in [0.3, 0.4) is 0 Å². The number of ether oxygens (including phenoxy) is 1. The van der Waals surface area contributed by atoms with E-state index in [1.54, 1.807) is 28.6 Å². The third-order valence-corrected chi connectivity index (χ3v) is 7.87. The van der Waals surface area contributed by atoms with Crippen molar-refractivity contribution in [1.82, 2.24) is 19.4 Å². The highest BCUT2D eigenvalue weighted by Gasteiger charge is 2.29. The molecule has 4 rings (SSSR count). The van der Waals surface area contributed by atoms with Crippen LogP contribution in [0.4, 0.5) is 4.79 Å². The van der Waals surface area contributed by atoms with Gasteiger partial charge in [-0.1, -0.05) is 6.07 Å². The number of nitrogens with zero attached hydrogens (tertiary/aromatic N) is 3. The summed E-state index contributed by atoms with van der Waals surface area (Å²) in [6, 6.07) is 6.49. The Morgan fingerprint density at radius 3 is 2.45 bits per heavy atom. The molecule has 10 heteroatoms. The number of sulfonamides is 1. The van der Waals surface area contributed by atoms with E-state index in [-0.39, 0.29) is 23.4 Å². The van der Waals surface area contributed by atoms with Crippen molar-refractivity contribution in [3.63, 3.8) is 0 Å². The van der Waals surface area contributed by atoms with Crippen LogP contribution in [-0.2, 0) is 14.8 Å². The second-order valence-electron chi connectivity index (χ2n) is 8.46. The van der Waals surface area contributed by atoms with Crippen LogP contribution in [0.15, 0.2) is 29.2 Å². The predicted molar refractivity (Wildman–Crippen MR) is 114 cm³/mol. The fraction of sp³-hybridized carbons (Fsp3) is 0.619. The van der Waals surface area contributed by atoms with E-state index < -0.39 is 10.0 Å². The van der Waals surface area contributed by atoms with Gasteiger partial charge in [0, 0.05) is 38.8 Å². The lowest BCUT2D eigenvalue weighted by molar-refractivity contribution is -0.118. The van der Waals surface area contributed by atoms with Crippen molar-refractivity contribution >= 4 is 22.0 Å². The molecule has 2 aliphatic heterocycles. The number of nitrogens with one attached hydrogen (secondary N) is 1. The van der Waals surface area contributed by atoms with E-state index >= 15 is 0 Å². The average Bonchev–Trinajstić information content (AvgIpc) is 3.54. The molecule has 0 atom stereocenters. The third-order valence-electron chi connectivity index (χ3n) is 5.98. The molecule has 1 saturated carbocycles. The van der Waals surface area contributed by atoms with Crippen LogP contribution in [0.5, 0.6) is 5.75 Å². The normalized spacial score (nSPS) is 20.8. The number of benzene rings is 1. The minimum Gasteiger partial charge on any atom is -0.493 e. The lowest BCUT2D eigenvalue weighted by atomic mass is 10.2. The van der Waals surface area contributed by atoms with Gasteiger partial charge in [0.15, 0.2) is 0 Å². The second-order valence-corrected chi connectivity index (χ2v) is 10.4. The third kappa shape index (κ3) is 5.75. The van der Waals surface area contributed by atoms with E-state index in [0.717, 1.165) is 19.4 Å². The molecule has 170 valence electrons. The molecule has 1 aromatic carbocycles. The molecule has 0 bridgehead atoms. The Morgan fingerprint density at radius 1 is 1.03 bits per heavy atom. The van der Waals surface area contributed by atoms with Crippen LogP contribution >= 0.6 is 0 Å². The Morgan fingerprint density at radius 2 is 1.77 bits per heavy atom. The van der Waals surface area contributed by atoms with Gasteiger partial charge in [-0.05, 0) is 50.3 Å². The summed E-state index contributed by atoms with van der Waals surface area (Å²) in [6.45, 7) is 4.48. The summed E-state index contributed by atoms with van der Waals surface area (Å²) in [5.41, 5.74) is 0. The maximum atomic E-state index is 13.0. The van der Waals surface area contributed by atoms with Crippen molar-refractivity contribution in [3.8, 4) is 5.75 Å². The maximum Gasteiger partial charge on any atom is 0.324 e. The molecule has 3 fully saturated rings. The molecule has 1 N–H and O–H groups in total. The number of unbranched alkanes of at least 4 members (excludes halogenated alkanes) is 1. The smallest absolute Gasteiger partial charge is 0.324 e. The Balaban J connectivity index is 1.21. The molecule has 0 unspecified atom stereocenters. The molecule has 9 nitrogen and oxygen atoms in total. The highest BCUT2D eigenvalue weighted by Crippen LogP contribution is 2.30. The highest BCUT2D eigenvalue weighted by molar-refractivity contribution is 7.89. The first kappa shape index (κ1) is 22.0. The maximum absolute atomic E-state index is 13.0. The number of hydrogen-bond acceptors (Lipinski definition) is 6. The van der Waals surface area contributed by atoms with E-state index in [1.165, 1.54) is 17.7 Å². The van der Waals surface area contributed by atoms with Gasteiger partial charge >= 0.3 is 6.03 Å². The van der Waals surface area contributed by atoms with E-state index in [9.17, 15) is 18.0 Å². The molecule has 2 heterocycles. The molecule has 2 saturated heterocycles. The summed E-state index contributed by atoms with van der Waals surface area (Å²) < 4.78 is 33.4. The van der Waals surface area contributed by atoms with Gasteiger partial charge < -0.3 is 14.5 Å². The summed E-state index contributed by atoms with van der Waals surface area (Å²) in [5.74, 6) is 0.977. The van der Waals surface area contributed by atoms with Gasteiger partial charge in [0.25, 0.3) is 0 Å². The SMILES string of the molecule is O=C1CN(CCCCN2CCN(S(=O)(=O)c3cccc(OCC4CC4)c3)CC2)C(=O)N1. The fourth-order valence-electron chi connectivity index (χ4n) is 3.87. The van der Waals surface area contributed by atoms with Crippen molar-refractivity contribution in [2.24, 2.45) is 5.92 Å². The fourth-order valence-corrected chi connectivity index (χ4v) is 5.33. The molecular weight excluding hydrogens is 420 g/mol. The molecule has 31 heavy (non-hydrogen) atoms. The molecule has 3 amide bonds. The van der Waals surface area contributed by atoms with Gasteiger partial charge in [-0.2, -0.15) is 4.31 Å². The van der Waals surface area contributed by atoms with Crippen molar-refractivity contribution < 1.29 is 22.7 Å². The first-order valence-electron chi connectivity index (χ1n) is 11.0. The van der Waals surface area contributed by atoms with Crippen LogP contribution in [0.2, 0.25) is 0 Å². The predicted octanol–water partition coefficient (Wildman–Crippen LogP) is 1.11. The van der Waals surface area contributed by atoms with Crippen LogP contribution < -0.4 is 10.1 Å². The number of piperazine rings is 1. The van der Waals surface area contributed by atoms with Crippen molar-refractivity contribution in [2.75, 3.05) is 52.4 Å². The minimum atomic E-state index is -3.53. The largest absolute Gasteiger partial charge is 0.493 e. The number of carbonyl (C=O) groups is 2.